The van der Waals surface area contributed by atoms with Gasteiger partial charge in [0, 0.05) is 11.0 Å². The maximum Gasteiger partial charge on any atom is 0.0662 e. The third-order valence-electron chi connectivity index (χ3n) is 3.15. The van der Waals surface area contributed by atoms with E-state index in [4.69, 9.17) is 0 Å². The van der Waals surface area contributed by atoms with E-state index in [-0.39, 0.29) is 0 Å². The maximum atomic E-state index is 4.49. The molecule has 0 fully saturated rings. The van der Waals surface area contributed by atoms with Crippen molar-refractivity contribution >= 4 is 15.9 Å². The average molecular weight is 271 g/mol. The van der Waals surface area contributed by atoms with Crippen LogP contribution in [0.5, 0.6) is 0 Å². The van der Waals surface area contributed by atoms with Gasteiger partial charge in [-0.25, -0.2) is 0 Å². The van der Waals surface area contributed by atoms with Crippen LogP contribution in [0.2, 0.25) is 0 Å². The number of hydrogen-bond acceptors (Lipinski definition) is 1. The van der Waals surface area contributed by atoms with E-state index >= 15 is 0 Å². The number of aromatic amines is 1. The van der Waals surface area contributed by atoms with Gasteiger partial charge in [0.05, 0.1) is 5.69 Å². The summed E-state index contributed by atoms with van der Waals surface area (Å²) in [6.45, 7) is 4.57. The topological polar surface area (TPSA) is 28.7 Å². The Labute approximate surface area is 100.0 Å². The van der Waals surface area contributed by atoms with Crippen LogP contribution in [0.25, 0.3) is 0 Å². The number of aromatic nitrogens is 2. The summed E-state index contributed by atoms with van der Waals surface area (Å²) >= 11 is 3.57. The van der Waals surface area contributed by atoms with Gasteiger partial charge < -0.3 is 0 Å². The molecule has 3 heteroatoms. The van der Waals surface area contributed by atoms with Crippen LogP contribution in [0, 0.1) is 5.41 Å². The molecule has 2 rings (SSSR count). The van der Waals surface area contributed by atoms with Gasteiger partial charge in [-0.3, -0.25) is 5.10 Å². The minimum absolute atomic E-state index is 0.306. The molecule has 0 aromatic carbocycles. The van der Waals surface area contributed by atoms with E-state index in [0.29, 0.717) is 5.41 Å². The molecule has 0 spiro atoms. The molecule has 1 aliphatic rings. The van der Waals surface area contributed by atoms with E-state index in [1.54, 1.807) is 0 Å². The molecule has 0 saturated carbocycles. The van der Waals surface area contributed by atoms with Gasteiger partial charge >= 0.3 is 0 Å². The number of nitrogens with zero attached hydrogens (tertiary/aromatic N) is 1. The first-order valence-corrected chi connectivity index (χ1v) is 6.85. The molecule has 0 atom stereocenters. The second-order valence-corrected chi connectivity index (χ2v) is 5.87. The zero-order chi connectivity index (χ0) is 10.9. The third-order valence-corrected chi connectivity index (χ3v) is 4.67. The van der Waals surface area contributed by atoms with E-state index in [0.717, 1.165) is 11.8 Å². The molecule has 0 saturated heterocycles. The van der Waals surface area contributed by atoms with Crippen LogP contribution >= 0.6 is 15.9 Å². The van der Waals surface area contributed by atoms with Crippen molar-refractivity contribution in [1.82, 2.24) is 10.2 Å². The van der Waals surface area contributed by atoms with Gasteiger partial charge in [-0.1, -0.05) is 29.8 Å². The minimum Gasteiger partial charge on any atom is -0.282 e. The van der Waals surface area contributed by atoms with Crippen LogP contribution in [-0.2, 0) is 19.3 Å². The molecule has 1 N–H and O–H groups in total. The lowest BCUT2D eigenvalue weighted by Crippen LogP contribution is -2.18. The fraction of sp³-hybridized carbons (Fsp3) is 0.750. The maximum absolute atomic E-state index is 4.49. The normalized spacial score (nSPS) is 16.5. The highest BCUT2D eigenvalue weighted by Crippen LogP contribution is 2.29. The second-order valence-electron chi connectivity index (χ2n) is 5.31. The predicted molar refractivity (Wildman–Crippen MR) is 66.5 cm³/mol. The number of halogens is 1. The number of nitrogens with one attached hydrogen (secondary N) is 1. The summed E-state index contributed by atoms with van der Waals surface area (Å²) in [4.78, 5) is 0. The Morgan fingerprint density at radius 3 is 2.80 bits per heavy atom. The van der Waals surface area contributed by atoms with Crippen molar-refractivity contribution in [3.8, 4) is 0 Å². The molecule has 1 heterocycles. The lowest BCUT2D eigenvalue weighted by molar-refractivity contribution is 0.417. The van der Waals surface area contributed by atoms with E-state index in [9.17, 15) is 0 Å². The van der Waals surface area contributed by atoms with Crippen LogP contribution in [0.3, 0.4) is 0 Å². The number of fused-ring (bicyclic) bond motifs is 1. The summed E-state index contributed by atoms with van der Waals surface area (Å²) < 4.78 is 0. The Kier molecular flexibility index (Phi) is 3.19. The summed E-state index contributed by atoms with van der Waals surface area (Å²) in [6.07, 6.45) is 6.13. The molecule has 1 aromatic rings. The highest BCUT2D eigenvalue weighted by Gasteiger charge is 2.23. The summed E-state index contributed by atoms with van der Waals surface area (Å²) in [6, 6.07) is 0. The van der Waals surface area contributed by atoms with Crippen LogP contribution < -0.4 is 0 Å². The third kappa shape index (κ3) is 2.44. The van der Waals surface area contributed by atoms with Crippen molar-refractivity contribution in [2.75, 3.05) is 5.33 Å². The Morgan fingerprint density at radius 1 is 1.33 bits per heavy atom. The molecule has 15 heavy (non-hydrogen) atoms. The summed E-state index contributed by atoms with van der Waals surface area (Å²) in [5.41, 5.74) is 4.51. The molecule has 1 aromatic heterocycles. The molecule has 0 unspecified atom stereocenters. The van der Waals surface area contributed by atoms with Gasteiger partial charge in [-0.2, -0.15) is 5.10 Å². The number of hydrogen-bond donors (Lipinski definition) is 1. The molecule has 0 amide bonds. The SMILES string of the molecule is CC(C)(CBr)Cc1n[nH]c2c1CCCC2. The highest BCUT2D eigenvalue weighted by atomic mass is 79.9. The van der Waals surface area contributed by atoms with Crippen LogP contribution in [0.15, 0.2) is 0 Å². The molecule has 1 aliphatic carbocycles. The van der Waals surface area contributed by atoms with Crippen molar-refractivity contribution in [3.63, 3.8) is 0 Å². The molecule has 0 aliphatic heterocycles. The zero-order valence-electron chi connectivity index (χ0n) is 9.57. The number of rotatable bonds is 3. The molecule has 84 valence electrons. The van der Waals surface area contributed by atoms with Gasteiger partial charge in [0.2, 0.25) is 0 Å². The lowest BCUT2D eigenvalue weighted by Gasteiger charge is -2.21. The number of alkyl halides is 1. The first-order valence-electron chi connectivity index (χ1n) is 5.73. The Morgan fingerprint density at radius 2 is 2.07 bits per heavy atom. The fourth-order valence-electron chi connectivity index (χ4n) is 2.20. The standard InChI is InChI=1S/C12H19BrN2/c1-12(2,8-13)7-11-9-5-3-4-6-10(9)14-15-11/h3-8H2,1-2H3,(H,14,15). The Balaban J connectivity index is 2.19. The summed E-state index contributed by atoms with van der Waals surface area (Å²) in [5.74, 6) is 0. The predicted octanol–water partition coefficient (Wildman–Crippen LogP) is 3.25. The minimum atomic E-state index is 0.306. The van der Waals surface area contributed by atoms with Gasteiger partial charge in [0.25, 0.3) is 0 Å². The first-order chi connectivity index (χ1) is 7.12. The van der Waals surface area contributed by atoms with Crippen molar-refractivity contribution < 1.29 is 0 Å². The van der Waals surface area contributed by atoms with Crippen LogP contribution in [0.1, 0.15) is 43.6 Å². The van der Waals surface area contributed by atoms with Crippen molar-refractivity contribution in [2.45, 2.75) is 46.0 Å². The van der Waals surface area contributed by atoms with Crippen molar-refractivity contribution in [3.05, 3.63) is 17.0 Å². The summed E-state index contributed by atoms with van der Waals surface area (Å²) in [5, 5.41) is 8.72. The van der Waals surface area contributed by atoms with E-state index in [1.807, 2.05) is 0 Å². The van der Waals surface area contributed by atoms with Crippen molar-refractivity contribution in [1.29, 1.82) is 0 Å². The van der Waals surface area contributed by atoms with E-state index in [1.165, 1.54) is 42.6 Å². The first kappa shape index (κ1) is 11.2. The number of H-pyrrole nitrogens is 1. The van der Waals surface area contributed by atoms with Gasteiger partial charge in [0.1, 0.15) is 0 Å². The fourth-order valence-corrected chi connectivity index (χ4v) is 2.39. The molecular formula is C12H19BrN2. The van der Waals surface area contributed by atoms with Crippen LogP contribution in [-0.4, -0.2) is 15.5 Å². The van der Waals surface area contributed by atoms with Gasteiger partial charge in [-0.15, -0.1) is 0 Å². The summed E-state index contributed by atoms with van der Waals surface area (Å²) in [7, 11) is 0. The quantitative estimate of drug-likeness (QED) is 0.840. The smallest absolute Gasteiger partial charge is 0.0662 e. The lowest BCUT2D eigenvalue weighted by atomic mass is 9.86. The zero-order valence-corrected chi connectivity index (χ0v) is 11.2. The van der Waals surface area contributed by atoms with Gasteiger partial charge in [-0.05, 0) is 43.1 Å². The monoisotopic (exact) mass is 270 g/mol. The van der Waals surface area contributed by atoms with E-state index in [2.05, 4.69) is 40.0 Å². The van der Waals surface area contributed by atoms with E-state index < -0.39 is 0 Å². The molecule has 0 radical (unpaired) electrons. The van der Waals surface area contributed by atoms with Crippen molar-refractivity contribution in [2.24, 2.45) is 5.41 Å². The molecular weight excluding hydrogens is 252 g/mol. The largest absolute Gasteiger partial charge is 0.282 e. The average Bonchev–Trinajstić information content (AvgIpc) is 2.62. The molecule has 0 bridgehead atoms. The van der Waals surface area contributed by atoms with Gasteiger partial charge in [0.15, 0.2) is 0 Å². The Bertz CT molecular complexity index is 341. The molecule has 2 nitrogen and oxygen atoms in total. The second kappa shape index (κ2) is 4.28. The number of aryl methyl sites for hydroxylation is 1. The van der Waals surface area contributed by atoms with Crippen LogP contribution in [0.4, 0.5) is 0 Å². The highest BCUT2D eigenvalue weighted by molar-refractivity contribution is 9.09. The Hall–Kier alpha value is -0.310.